The Bertz CT molecular complexity index is 3100. The predicted molar refractivity (Wildman–Crippen MR) is 229 cm³/mol. The zero-order valence-electron chi connectivity index (χ0n) is 32.9. The van der Waals surface area contributed by atoms with Gasteiger partial charge in [-0.3, -0.25) is 9.44 Å². The lowest BCUT2D eigenvalue weighted by molar-refractivity contribution is 0.173. The largest absolute Gasteiger partial charge is 0.504 e. The van der Waals surface area contributed by atoms with Crippen molar-refractivity contribution in [2.75, 3.05) is 42.3 Å². The average Bonchev–Trinajstić information content (AvgIpc) is 4.10. The van der Waals surface area contributed by atoms with Crippen molar-refractivity contribution in [3.05, 3.63) is 109 Å². The van der Waals surface area contributed by atoms with Gasteiger partial charge in [0.1, 0.15) is 0 Å². The zero-order valence-corrected chi connectivity index (χ0v) is 36.1. The summed E-state index contributed by atoms with van der Waals surface area (Å²) in [7, 11) is -6.28. The van der Waals surface area contributed by atoms with Gasteiger partial charge in [-0.1, -0.05) is 0 Å². The van der Waals surface area contributed by atoms with E-state index in [1.807, 2.05) is 0 Å². The first-order chi connectivity index (χ1) is 30.8. The van der Waals surface area contributed by atoms with E-state index < -0.39 is 46.3 Å². The van der Waals surface area contributed by atoms with Crippen LogP contribution in [0.4, 0.5) is 17.1 Å². The number of benzene rings is 6. The lowest BCUT2D eigenvalue weighted by Gasteiger charge is -2.09. The maximum absolute atomic E-state index is 12.4. The van der Waals surface area contributed by atoms with Crippen LogP contribution in [0.3, 0.4) is 0 Å². The molecule has 6 aromatic rings. The van der Waals surface area contributed by atoms with E-state index in [2.05, 4.69) is 9.44 Å². The molecule has 0 amide bonds. The van der Waals surface area contributed by atoms with Crippen LogP contribution in [0.15, 0.2) is 124 Å². The summed E-state index contributed by atoms with van der Waals surface area (Å²) >= 11 is 0. The molecule has 0 unspecified atom stereocenters. The number of rotatable bonds is 7. The molecule has 10 rings (SSSR count). The Morgan fingerprint density at radius 1 is 0.400 bits per heavy atom. The topological polar surface area (TPSA) is 307 Å². The minimum Gasteiger partial charge on any atom is -0.504 e. The van der Waals surface area contributed by atoms with Crippen molar-refractivity contribution in [1.29, 1.82) is 0 Å². The molecule has 25 heteroatoms. The Balaban J connectivity index is 0.000000135. The van der Waals surface area contributed by atoms with Crippen molar-refractivity contribution in [2.24, 2.45) is 0 Å². The minimum atomic E-state index is -4.00. The molecule has 6 aromatic carbocycles. The van der Waals surface area contributed by atoms with Crippen LogP contribution in [-0.2, 0) is 29.1 Å². The third-order valence-electron chi connectivity index (χ3n) is 8.79. The third kappa shape index (κ3) is 11.2. The number of sulfonamides is 2. The van der Waals surface area contributed by atoms with E-state index in [1.165, 1.54) is 36.4 Å². The van der Waals surface area contributed by atoms with Crippen LogP contribution in [0.2, 0.25) is 0 Å². The fourth-order valence-electron chi connectivity index (χ4n) is 5.63. The molecule has 4 aliphatic rings. The molecule has 0 fully saturated rings. The predicted octanol–water partition coefficient (Wildman–Crippen LogP) is 5.59. The number of aromatic hydroxyl groups is 4. The summed E-state index contributed by atoms with van der Waals surface area (Å²) in [6, 6.07) is 25.3. The van der Waals surface area contributed by atoms with Gasteiger partial charge in [0.2, 0.25) is 27.2 Å². The molecule has 0 spiro atoms. The van der Waals surface area contributed by atoms with Gasteiger partial charge in [0.05, 0.1) is 26.1 Å². The first-order valence-corrected chi connectivity index (χ1v) is 23.5. The SMILES string of the molecule is Nc1ccc2c(c1)OCO2.O=S(=O)(Cl)c1ccc2c(c1)OCO2.O=S(=O)(Nc1ccc(O)c(O)c1)c1ccc(O)c(O)c1.O=S(=O)(Nc1ccc2c(c1)OCO2)c1ccc2c(c1)OCO2. The normalized spacial score (nSPS) is 13.5. The van der Waals surface area contributed by atoms with Crippen LogP contribution in [0.1, 0.15) is 0 Å². The number of anilines is 3. The molecule has 0 aromatic heterocycles. The van der Waals surface area contributed by atoms with Gasteiger partial charge in [-0.2, -0.15) is 0 Å². The van der Waals surface area contributed by atoms with Crippen LogP contribution in [0.25, 0.3) is 0 Å². The van der Waals surface area contributed by atoms with Gasteiger partial charge >= 0.3 is 0 Å². The Kier molecular flexibility index (Phi) is 13.1. The number of phenols is 4. The van der Waals surface area contributed by atoms with E-state index in [4.69, 9.17) is 64.5 Å². The number of nitrogens with one attached hydrogen (secondary N) is 2. The second-order valence-electron chi connectivity index (χ2n) is 13.2. The molecule has 65 heavy (non-hydrogen) atoms. The molecular weight excluding hydrogens is 942 g/mol. The van der Waals surface area contributed by atoms with Crippen molar-refractivity contribution >= 4 is 56.8 Å². The molecule has 4 heterocycles. The van der Waals surface area contributed by atoms with E-state index in [0.29, 0.717) is 52.7 Å². The van der Waals surface area contributed by atoms with Gasteiger partial charge in [0, 0.05) is 52.8 Å². The summed E-state index contributed by atoms with van der Waals surface area (Å²) in [5, 5.41) is 36.9. The van der Waals surface area contributed by atoms with Crippen LogP contribution in [0.5, 0.6) is 69.0 Å². The zero-order chi connectivity index (χ0) is 46.5. The van der Waals surface area contributed by atoms with Gasteiger partial charge in [-0.05, 0) is 72.8 Å². The quantitative estimate of drug-likeness (QED) is 0.0443. The minimum absolute atomic E-state index is 0.0124. The smallest absolute Gasteiger partial charge is 0.262 e. The molecule has 0 saturated carbocycles. The fraction of sp³-hybridized carbons (Fsp3) is 0.100. The lowest BCUT2D eigenvalue weighted by atomic mass is 10.3. The second-order valence-corrected chi connectivity index (χ2v) is 19.1. The molecule has 0 saturated heterocycles. The maximum Gasteiger partial charge on any atom is 0.262 e. The molecule has 21 nitrogen and oxygen atoms in total. The first kappa shape index (κ1) is 45.5. The highest BCUT2D eigenvalue weighted by atomic mass is 35.7. The Morgan fingerprint density at radius 3 is 1.26 bits per heavy atom. The van der Waals surface area contributed by atoms with Crippen molar-refractivity contribution in [3.8, 4) is 69.0 Å². The number of nitrogen functional groups attached to an aromatic ring is 1. The van der Waals surface area contributed by atoms with Gasteiger partial charge in [0.25, 0.3) is 29.1 Å². The van der Waals surface area contributed by atoms with Crippen molar-refractivity contribution in [1.82, 2.24) is 0 Å². The van der Waals surface area contributed by atoms with Gasteiger partial charge in [-0.15, -0.1) is 0 Å². The summed E-state index contributed by atoms with van der Waals surface area (Å²) in [6.45, 7) is 0.641. The molecule has 0 bridgehead atoms. The van der Waals surface area contributed by atoms with Crippen molar-refractivity contribution in [3.63, 3.8) is 0 Å². The number of hydrogen-bond acceptors (Lipinski definition) is 19. The second kappa shape index (κ2) is 18.7. The highest BCUT2D eigenvalue weighted by molar-refractivity contribution is 8.13. The highest BCUT2D eigenvalue weighted by Crippen LogP contribution is 2.38. The van der Waals surface area contributed by atoms with E-state index in [9.17, 15) is 35.5 Å². The lowest BCUT2D eigenvalue weighted by Crippen LogP contribution is -2.12. The summed E-state index contributed by atoms with van der Waals surface area (Å²) in [5.41, 5.74) is 6.62. The number of halogens is 1. The Morgan fingerprint density at radius 2 is 0.754 bits per heavy atom. The molecule has 0 atom stereocenters. The van der Waals surface area contributed by atoms with Crippen LogP contribution < -0.4 is 53.1 Å². The molecular formula is C40H34ClN3O18S3. The van der Waals surface area contributed by atoms with E-state index >= 15 is 0 Å². The van der Waals surface area contributed by atoms with Crippen molar-refractivity contribution in [2.45, 2.75) is 14.7 Å². The molecule has 342 valence electrons. The van der Waals surface area contributed by atoms with Gasteiger partial charge in [0.15, 0.2) is 69.0 Å². The monoisotopic (exact) mass is 975 g/mol. The average molecular weight is 976 g/mol. The fourth-order valence-corrected chi connectivity index (χ4v) is 8.53. The Labute approximate surface area is 374 Å². The summed E-state index contributed by atoms with van der Waals surface area (Å²) < 4.78 is 116. The van der Waals surface area contributed by atoms with Gasteiger partial charge < -0.3 is 64.1 Å². The summed E-state index contributed by atoms with van der Waals surface area (Å²) in [4.78, 5) is -0.159. The van der Waals surface area contributed by atoms with Crippen molar-refractivity contribution < 1.29 is 83.6 Å². The Hall–Kier alpha value is -7.54. The van der Waals surface area contributed by atoms with E-state index in [-0.39, 0.29) is 46.5 Å². The number of hydrogen-bond donors (Lipinski definition) is 7. The number of nitrogens with two attached hydrogens (primary N) is 1. The van der Waals surface area contributed by atoms with E-state index in [1.54, 1.807) is 42.5 Å². The standard InChI is InChI=1S/C14H11NO6S.C12H11NO6S.C7H5ClO4S.C7H7NO2/c16-22(17,10-2-4-12-14(6-10)21-8-19-12)15-9-1-3-11-13(5-9)20-7-18-11;14-9-3-1-7(5-11(9)16)13-20(18,19)8-2-4-10(15)12(17)6-8;8-13(9,10)5-1-2-6-7(3-5)12-4-11-6;8-5-1-2-6-7(3-5)10-4-9-6/h1-6,15H,7-8H2;1-6,13-17H;1-3H,4H2;1-3H,4,8H2. The van der Waals surface area contributed by atoms with Gasteiger partial charge in [-0.25, -0.2) is 25.3 Å². The van der Waals surface area contributed by atoms with Crippen LogP contribution >= 0.6 is 10.7 Å². The molecule has 0 aliphatic carbocycles. The molecule has 0 radical (unpaired) electrons. The number of fused-ring (bicyclic) bond motifs is 4. The van der Waals surface area contributed by atoms with Crippen LogP contribution in [0, 0.1) is 0 Å². The highest BCUT2D eigenvalue weighted by Gasteiger charge is 2.23. The third-order valence-corrected chi connectivity index (χ3v) is 12.9. The first-order valence-electron chi connectivity index (χ1n) is 18.2. The summed E-state index contributed by atoms with van der Waals surface area (Å²) in [5.74, 6) is 2.62. The number of phenolic OH excluding ortho intramolecular Hbond substituents is 4. The molecule has 4 aliphatic heterocycles. The summed E-state index contributed by atoms with van der Waals surface area (Å²) in [6.07, 6.45) is 0. The van der Waals surface area contributed by atoms with E-state index in [0.717, 1.165) is 41.8 Å². The molecule has 8 N–H and O–H groups in total. The maximum atomic E-state index is 12.4. The number of ether oxygens (including phenoxy) is 8. The van der Waals surface area contributed by atoms with Crippen LogP contribution in [-0.4, -0.2) is 72.9 Å².